The maximum atomic E-state index is 12.8. The fourth-order valence-corrected chi connectivity index (χ4v) is 4.52. The highest BCUT2D eigenvalue weighted by molar-refractivity contribution is 7.92. The van der Waals surface area contributed by atoms with Gasteiger partial charge in [0.1, 0.15) is 5.75 Å². The molecule has 3 rings (SSSR count). The van der Waals surface area contributed by atoms with E-state index in [0.29, 0.717) is 33.9 Å². The average molecular weight is 541 g/mol. The molecule has 0 unspecified atom stereocenters. The summed E-state index contributed by atoms with van der Waals surface area (Å²) in [6, 6.07) is 11.7. The number of H-pyrrole nitrogens is 1. The van der Waals surface area contributed by atoms with Crippen LogP contribution in [0.15, 0.2) is 47.3 Å². The van der Waals surface area contributed by atoms with Gasteiger partial charge in [0.2, 0.25) is 10.0 Å². The van der Waals surface area contributed by atoms with Gasteiger partial charge in [0.15, 0.2) is 5.88 Å². The quantitative estimate of drug-likeness (QED) is 0.314. The van der Waals surface area contributed by atoms with Crippen LogP contribution in [0, 0.1) is 0 Å². The molecular weight excluding hydrogens is 508 g/mol. The monoisotopic (exact) mass is 540 g/mol. The molecule has 0 aliphatic carbocycles. The van der Waals surface area contributed by atoms with Crippen LogP contribution in [0.5, 0.6) is 11.6 Å². The van der Waals surface area contributed by atoms with Crippen molar-refractivity contribution in [3.05, 3.63) is 75.1 Å². The molecule has 2 N–H and O–H groups in total. The molecule has 1 aromatic heterocycles. The smallest absolute Gasteiger partial charge is 0.338 e. The molecule has 10 heteroatoms. The van der Waals surface area contributed by atoms with Crippen molar-refractivity contribution in [2.75, 3.05) is 32.3 Å². The Balaban J connectivity index is 2.20. The van der Waals surface area contributed by atoms with Crippen LogP contribution in [-0.4, -0.2) is 47.0 Å². The highest BCUT2D eigenvalue weighted by Crippen LogP contribution is 2.38. The zero-order valence-electron chi connectivity index (χ0n) is 22.5. The Kier molecular flexibility index (Phi) is 8.36. The lowest BCUT2D eigenvalue weighted by Gasteiger charge is -2.24. The molecule has 0 radical (unpaired) electrons. The summed E-state index contributed by atoms with van der Waals surface area (Å²) in [6.07, 6.45) is 4.52. The van der Waals surface area contributed by atoms with Crippen LogP contribution in [0.25, 0.3) is 23.3 Å². The van der Waals surface area contributed by atoms with Crippen LogP contribution < -0.4 is 19.8 Å². The summed E-state index contributed by atoms with van der Waals surface area (Å²) in [5.74, 6) is 0.354. The van der Waals surface area contributed by atoms with E-state index in [1.807, 2.05) is 32.9 Å². The van der Waals surface area contributed by atoms with E-state index < -0.39 is 16.0 Å². The average Bonchev–Trinajstić information content (AvgIpc) is 2.85. The Labute approximate surface area is 222 Å². The molecule has 9 nitrogen and oxygen atoms in total. The van der Waals surface area contributed by atoms with Crippen LogP contribution in [0.3, 0.4) is 0 Å². The van der Waals surface area contributed by atoms with E-state index in [0.717, 1.165) is 11.8 Å². The van der Waals surface area contributed by atoms with Crippen molar-refractivity contribution in [3.8, 4) is 22.8 Å². The fraction of sp³-hybridized carbons (Fsp3) is 0.286. The number of pyridine rings is 1. The lowest BCUT2D eigenvalue weighted by Crippen LogP contribution is -2.15. The molecule has 0 amide bonds. The van der Waals surface area contributed by atoms with E-state index in [-0.39, 0.29) is 22.2 Å². The molecule has 0 aliphatic heterocycles. The number of rotatable bonds is 8. The van der Waals surface area contributed by atoms with Gasteiger partial charge < -0.3 is 14.2 Å². The van der Waals surface area contributed by atoms with Gasteiger partial charge in [0.25, 0.3) is 5.56 Å². The van der Waals surface area contributed by atoms with Crippen molar-refractivity contribution in [3.63, 3.8) is 0 Å². The first-order valence-corrected chi connectivity index (χ1v) is 13.5. The number of sulfonamides is 1. The van der Waals surface area contributed by atoms with Gasteiger partial charge in [0.05, 0.1) is 33.1 Å². The van der Waals surface area contributed by atoms with Crippen LogP contribution >= 0.6 is 0 Å². The molecule has 0 saturated carbocycles. The van der Waals surface area contributed by atoms with Crippen molar-refractivity contribution in [1.82, 2.24) is 4.98 Å². The number of hydrogen-bond acceptors (Lipinski definition) is 7. The van der Waals surface area contributed by atoms with Crippen molar-refractivity contribution in [2.24, 2.45) is 0 Å². The number of methoxy groups -OCH3 is 3. The normalized spacial score (nSPS) is 11.9. The standard InChI is InChI=1S/C28H32N2O7S/c1-28(2,3)23-15-19(21-12-13-24(35-4)29-26(21)31)14-18(25(23)36-5)9-8-17-10-11-20(30-38(7,33)34)16-22(17)27(32)37-6/h8-16,30H,1-7H3,(H,29,31)/b9-8+. The minimum Gasteiger partial charge on any atom is -0.496 e. The number of nitrogens with one attached hydrogen (secondary N) is 2. The van der Waals surface area contributed by atoms with Gasteiger partial charge in [-0.15, -0.1) is 0 Å². The predicted molar refractivity (Wildman–Crippen MR) is 149 cm³/mol. The lowest BCUT2D eigenvalue weighted by atomic mass is 9.83. The Hall–Kier alpha value is -4.05. The van der Waals surface area contributed by atoms with Gasteiger partial charge in [-0.2, -0.15) is 0 Å². The topological polar surface area (TPSA) is 124 Å². The number of aromatic amines is 1. The number of hydrogen-bond donors (Lipinski definition) is 2. The second kappa shape index (κ2) is 11.1. The van der Waals surface area contributed by atoms with E-state index in [1.54, 1.807) is 43.5 Å². The Morgan fingerprint density at radius 1 is 0.947 bits per heavy atom. The molecule has 0 spiro atoms. The first-order valence-electron chi connectivity index (χ1n) is 11.7. The van der Waals surface area contributed by atoms with E-state index in [2.05, 4.69) is 9.71 Å². The first-order chi connectivity index (χ1) is 17.8. The van der Waals surface area contributed by atoms with Gasteiger partial charge in [0, 0.05) is 22.4 Å². The summed E-state index contributed by atoms with van der Waals surface area (Å²) < 4.78 is 41.5. The van der Waals surface area contributed by atoms with Gasteiger partial charge in [-0.3, -0.25) is 14.5 Å². The highest BCUT2D eigenvalue weighted by atomic mass is 32.2. The maximum absolute atomic E-state index is 12.8. The molecule has 0 saturated heterocycles. The predicted octanol–water partition coefficient (Wildman–Crippen LogP) is 4.69. The second-order valence-corrected chi connectivity index (χ2v) is 11.4. The molecule has 2 aromatic carbocycles. The van der Waals surface area contributed by atoms with E-state index in [4.69, 9.17) is 14.2 Å². The lowest BCUT2D eigenvalue weighted by molar-refractivity contribution is 0.0600. The number of carbonyl (C=O) groups is 1. The second-order valence-electron chi connectivity index (χ2n) is 9.67. The molecule has 0 fully saturated rings. The van der Waals surface area contributed by atoms with E-state index in [9.17, 15) is 18.0 Å². The third-order valence-corrected chi connectivity index (χ3v) is 6.35. The minimum atomic E-state index is -3.53. The third-order valence-electron chi connectivity index (χ3n) is 5.75. The summed E-state index contributed by atoms with van der Waals surface area (Å²) in [5.41, 5.74) is 3.00. The van der Waals surface area contributed by atoms with E-state index >= 15 is 0 Å². The van der Waals surface area contributed by atoms with Crippen LogP contribution in [0.1, 0.15) is 47.8 Å². The number of aromatic nitrogens is 1. The Morgan fingerprint density at radius 3 is 2.18 bits per heavy atom. The zero-order valence-corrected chi connectivity index (χ0v) is 23.3. The molecule has 0 atom stereocenters. The summed E-state index contributed by atoms with van der Waals surface area (Å²) >= 11 is 0. The minimum absolute atomic E-state index is 0.176. The van der Waals surface area contributed by atoms with Crippen molar-refractivity contribution < 1.29 is 27.4 Å². The molecule has 0 bridgehead atoms. The molecule has 0 aliphatic rings. The number of esters is 1. The molecule has 202 valence electrons. The van der Waals surface area contributed by atoms with Gasteiger partial charge >= 0.3 is 5.97 Å². The molecule has 1 heterocycles. The van der Waals surface area contributed by atoms with Gasteiger partial charge in [-0.05, 0) is 52.9 Å². The number of anilines is 1. The van der Waals surface area contributed by atoms with E-state index in [1.165, 1.54) is 20.3 Å². The van der Waals surface area contributed by atoms with Gasteiger partial charge in [-0.1, -0.05) is 39.0 Å². The zero-order chi connectivity index (χ0) is 28.3. The van der Waals surface area contributed by atoms with Gasteiger partial charge in [-0.25, -0.2) is 13.2 Å². The summed E-state index contributed by atoms with van der Waals surface area (Å²) in [7, 11) is 0.771. The van der Waals surface area contributed by atoms with Crippen molar-refractivity contribution >= 4 is 33.8 Å². The largest absolute Gasteiger partial charge is 0.496 e. The SMILES string of the molecule is COC(=O)c1cc(NS(C)(=O)=O)ccc1/C=C/c1cc(-c2ccc(OC)[nH]c2=O)cc(C(C)(C)C)c1OC. The third kappa shape index (κ3) is 6.63. The van der Waals surface area contributed by atoms with Crippen molar-refractivity contribution in [2.45, 2.75) is 26.2 Å². The number of carbonyl (C=O) groups excluding carboxylic acids is 1. The molecular formula is C28H32N2O7S. The highest BCUT2D eigenvalue weighted by Gasteiger charge is 2.23. The number of ether oxygens (including phenoxy) is 3. The molecule has 38 heavy (non-hydrogen) atoms. The van der Waals surface area contributed by atoms with Crippen LogP contribution in [0.2, 0.25) is 0 Å². The van der Waals surface area contributed by atoms with Crippen molar-refractivity contribution in [1.29, 1.82) is 0 Å². The summed E-state index contributed by atoms with van der Waals surface area (Å²) in [6.45, 7) is 6.13. The maximum Gasteiger partial charge on any atom is 0.338 e. The Morgan fingerprint density at radius 2 is 1.63 bits per heavy atom. The molecule has 3 aromatic rings. The van der Waals surface area contributed by atoms with Crippen LogP contribution in [-0.2, 0) is 20.2 Å². The van der Waals surface area contributed by atoms with Crippen LogP contribution in [0.4, 0.5) is 5.69 Å². The first kappa shape index (κ1) is 28.5. The summed E-state index contributed by atoms with van der Waals surface area (Å²) in [5, 5.41) is 0. The fourth-order valence-electron chi connectivity index (χ4n) is 3.96. The summed E-state index contributed by atoms with van der Waals surface area (Å²) in [4.78, 5) is 28.0. The number of benzene rings is 2. The Bertz CT molecular complexity index is 1550.